The first kappa shape index (κ1) is 15.3. The third-order valence-electron chi connectivity index (χ3n) is 3.01. The van der Waals surface area contributed by atoms with Gasteiger partial charge in [-0.2, -0.15) is 0 Å². The minimum absolute atomic E-state index is 0.225. The maximum absolute atomic E-state index is 10.5. The number of aliphatic hydroxyl groups is 1. The van der Waals surface area contributed by atoms with Crippen molar-refractivity contribution >= 4 is 0 Å². The Balaban J connectivity index is 2.46. The molecular weight excluding hydrogens is 238 g/mol. The van der Waals surface area contributed by atoms with Crippen molar-refractivity contribution < 1.29 is 14.8 Å². The highest BCUT2D eigenvalue weighted by Crippen LogP contribution is 2.22. The number of piperidine rings is 1. The van der Waals surface area contributed by atoms with Crippen molar-refractivity contribution in [3.63, 3.8) is 0 Å². The van der Waals surface area contributed by atoms with Gasteiger partial charge in [-0.05, 0) is 33.6 Å². The molecule has 7 nitrogen and oxygen atoms in total. The van der Waals surface area contributed by atoms with Crippen molar-refractivity contribution in [2.75, 3.05) is 19.6 Å². The van der Waals surface area contributed by atoms with E-state index in [-0.39, 0.29) is 11.5 Å². The Morgan fingerprint density at radius 1 is 1.50 bits per heavy atom. The summed E-state index contributed by atoms with van der Waals surface area (Å²) in [6.07, 6.45) is -0.0120. The van der Waals surface area contributed by atoms with E-state index in [4.69, 9.17) is 10.5 Å². The minimum atomic E-state index is -0.981. The quantitative estimate of drug-likeness (QED) is 0.424. The second-order valence-corrected chi connectivity index (χ2v) is 5.95. The number of ether oxygens (including phenoxy) is 1. The van der Waals surface area contributed by atoms with Crippen molar-refractivity contribution in [3.8, 4) is 0 Å². The SMILES string of the molecule is CC(C)(C)O[C@@H](O)N1CCC(N)(C[N+](=O)[O-])CC1. The van der Waals surface area contributed by atoms with Crippen LogP contribution in [0.1, 0.15) is 33.6 Å². The molecule has 18 heavy (non-hydrogen) atoms. The van der Waals surface area contributed by atoms with Crippen LogP contribution in [0.25, 0.3) is 0 Å². The van der Waals surface area contributed by atoms with Gasteiger partial charge in [-0.3, -0.25) is 15.0 Å². The lowest BCUT2D eigenvalue weighted by molar-refractivity contribution is -0.490. The second-order valence-electron chi connectivity index (χ2n) is 5.95. The Bertz CT molecular complexity index is 295. The molecule has 1 saturated heterocycles. The van der Waals surface area contributed by atoms with Crippen molar-refractivity contribution in [2.24, 2.45) is 5.73 Å². The third-order valence-corrected chi connectivity index (χ3v) is 3.01. The molecule has 1 aliphatic heterocycles. The van der Waals surface area contributed by atoms with Crippen molar-refractivity contribution in [1.29, 1.82) is 0 Å². The predicted octanol–water partition coefficient (Wildman–Crippen LogP) is 0.147. The van der Waals surface area contributed by atoms with Crippen LogP contribution < -0.4 is 5.73 Å². The summed E-state index contributed by atoms with van der Waals surface area (Å²) in [7, 11) is 0. The van der Waals surface area contributed by atoms with Crippen LogP contribution in [-0.2, 0) is 4.74 Å². The summed E-state index contributed by atoms with van der Waals surface area (Å²) >= 11 is 0. The molecule has 1 rings (SSSR count). The number of aliphatic hydroxyl groups excluding tert-OH is 1. The van der Waals surface area contributed by atoms with E-state index in [1.165, 1.54) is 0 Å². The maximum atomic E-state index is 10.5. The fourth-order valence-corrected chi connectivity index (χ4v) is 2.00. The smallest absolute Gasteiger partial charge is 0.221 e. The Kier molecular flexibility index (Phi) is 4.66. The molecule has 1 atom stereocenters. The monoisotopic (exact) mass is 261 g/mol. The summed E-state index contributed by atoms with van der Waals surface area (Å²) in [5.41, 5.74) is 4.76. The highest BCUT2D eigenvalue weighted by atomic mass is 16.6. The average Bonchev–Trinajstić information content (AvgIpc) is 2.13. The Labute approximate surface area is 107 Å². The zero-order valence-corrected chi connectivity index (χ0v) is 11.3. The van der Waals surface area contributed by atoms with Gasteiger partial charge in [0, 0.05) is 18.0 Å². The van der Waals surface area contributed by atoms with Crippen LogP contribution >= 0.6 is 0 Å². The van der Waals surface area contributed by atoms with Gasteiger partial charge in [0.05, 0.1) is 11.1 Å². The number of likely N-dealkylation sites (tertiary alicyclic amines) is 1. The van der Waals surface area contributed by atoms with Crippen molar-refractivity contribution in [3.05, 3.63) is 10.1 Å². The predicted molar refractivity (Wildman–Crippen MR) is 66.4 cm³/mol. The highest BCUT2D eigenvalue weighted by molar-refractivity contribution is 4.89. The van der Waals surface area contributed by atoms with E-state index in [1.807, 2.05) is 20.8 Å². The highest BCUT2D eigenvalue weighted by Gasteiger charge is 2.37. The van der Waals surface area contributed by atoms with E-state index in [0.29, 0.717) is 25.9 Å². The molecule has 1 fully saturated rings. The Hall–Kier alpha value is -0.760. The zero-order chi connectivity index (χ0) is 14.0. The number of hydrogen-bond donors (Lipinski definition) is 2. The summed E-state index contributed by atoms with van der Waals surface area (Å²) in [4.78, 5) is 11.9. The summed E-state index contributed by atoms with van der Waals surface area (Å²) < 4.78 is 5.43. The van der Waals surface area contributed by atoms with Crippen LogP contribution in [0.3, 0.4) is 0 Å². The average molecular weight is 261 g/mol. The molecule has 0 bridgehead atoms. The van der Waals surface area contributed by atoms with Gasteiger partial charge < -0.3 is 15.6 Å². The van der Waals surface area contributed by atoms with Crippen LogP contribution in [0.15, 0.2) is 0 Å². The number of nitro groups is 1. The molecule has 1 heterocycles. The molecule has 0 unspecified atom stereocenters. The normalized spacial score (nSPS) is 22.7. The zero-order valence-electron chi connectivity index (χ0n) is 11.3. The molecular formula is C11H23N3O4. The molecule has 106 valence electrons. The maximum Gasteiger partial charge on any atom is 0.221 e. The van der Waals surface area contributed by atoms with E-state index in [1.54, 1.807) is 4.90 Å². The molecule has 0 spiro atoms. The first-order chi connectivity index (χ1) is 8.11. The minimum Gasteiger partial charge on any atom is -0.356 e. The summed E-state index contributed by atoms with van der Waals surface area (Å²) in [5.74, 6) is 0. The summed E-state index contributed by atoms with van der Waals surface area (Å²) in [6.45, 7) is 6.36. The fraction of sp³-hybridized carbons (Fsp3) is 1.00. The lowest BCUT2D eigenvalue weighted by Crippen LogP contribution is -2.57. The molecule has 0 amide bonds. The first-order valence-corrected chi connectivity index (χ1v) is 6.12. The van der Waals surface area contributed by atoms with Crippen molar-refractivity contribution in [1.82, 2.24) is 4.90 Å². The first-order valence-electron chi connectivity index (χ1n) is 6.12. The molecule has 1 aliphatic rings. The second kappa shape index (κ2) is 5.48. The van der Waals surface area contributed by atoms with Crippen LogP contribution in [0.4, 0.5) is 0 Å². The lowest BCUT2D eigenvalue weighted by atomic mass is 9.89. The molecule has 0 aliphatic carbocycles. The van der Waals surface area contributed by atoms with E-state index in [2.05, 4.69) is 0 Å². The fourth-order valence-electron chi connectivity index (χ4n) is 2.00. The van der Waals surface area contributed by atoms with Gasteiger partial charge in [0.1, 0.15) is 0 Å². The van der Waals surface area contributed by atoms with Gasteiger partial charge in [-0.15, -0.1) is 0 Å². The topological polar surface area (TPSA) is 102 Å². The molecule has 0 aromatic carbocycles. The van der Waals surface area contributed by atoms with Gasteiger partial charge in [0.15, 0.2) is 0 Å². The van der Waals surface area contributed by atoms with Gasteiger partial charge in [0.2, 0.25) is 13.0 Å². The van der Waals surface area contributed by atoms with Gasteiger partial charge in [0.25, 0.3) is 0 Å². The standard InChI is InChI=1S/C11H23N3O4/c1-10(2,3)18-9(15)13-6-4-11(12,5-7-13)8-14(16)17/h9,15H,4-8,12H2,1-3H3/t9-/m1/s1. The molecule has 0 radical (unpaired) electrons. The van der Waals surface area contributed by atoms with Gasteiger partial charge in [-0.1, -0.05) is 0 Å². The molecule has 0 aromatic heterocycles. The Morgan fingerprint density at radius 3 is 2.39 bits per heavy atom. The lowest BCUT2D eigenvalue weighted by Gasteiger charge is -2.40. The largest absolute Gasteiger partial charge is 0.356 e. The number of nitrogens with two attached hydrogens (primary N) is 1. The van der Waals surface area contributed by atoms with Crippen LogP contribution in [-0.4, -0.2) is 52.1 Å². The van der Waals surface area contributed by atoms with E-state index >= 15 is 0 Å². The van der Waals surface area contributed by atoms with E-state index in [9.17, 15) is 15.2 Å². The Morgan fingerprint density at radius 2 is 2.00 bits per heavy atom. The molecule has 7 heteroatoms. The third kappa shape index (κ3) is 4.85. The van der Waals surface area contributed by atoms with Crippen LogP contribution in [0.2, 0.25) is 0 Å². The van der Waals surface area contributed by atoms with Gasteiger partial charge in [-0.25, -0.2) is 0 Å². The summed E-state index contributed by atoms with van der Waals surface area (Å²) in [6, 6.07) is 0. The molecule has 3 N–H and O–H groups in total. The van der Waals surface area contributed by atoms with Crippen molar-refractivity contribution in [2.45, 2.75) is 51.2 Å². The number of rotatable bonds is 4. The van der Waals surface area contributed by atoms with Crippen LogP contribution in [0.5, 0.6) is 0 Å². The molecule has 0 saturated carbocycles. The van der Waals surface area contributed by atoms with Crippen LogP contribution in [0, 0.1) is 10.1 Å². The van der Waals surface area contributed by atoms with Gasteiger partial charge >= 0.3 is 0 Å². The van der Waals surface area contributed by atoms with E-state index < -0.39 is 17.6 Å². The number of nitrogens with zero attached hydrogens (tertiary/aromatic N) is 2. The molecule has 0 aromatic rings. The summed E-state index contributed by atoms with van der Waals surface area (Å²) in [5, 5.41) is 20.4. The van der Waals surface area contributed by atoms with E-state index in [0.717, 1.165) is 0 Å². The number of hydrogen-bond acceptors (Lipinski definition) is 6.